The second kappa shape index (κ2) is 5.59. The van der Waals surface area contributed by atoms with E-state index >= 15 is 0 Å². The molecule has 24 heavy (non-hydrogen) atoms. The van der Waals surface area contributed by atoms with Crippen molar-refractivity contribution in [3.63, 3.8) is 0 Å². The molecule has 4 rings (SSSR count). The van der Waals surface area contributed by atoms with Crippen molar-refractivity contribution < 1.29 is 0 Å². The molecule has 0 aliphatic heterocycles. The van der Waals surface area contributed by atoms with Crippen LogP contribution < -0.4 is 10.1 Å². The van der Waals surface area contributed by atoms with Gasteiger partial charge in [0.1, 0.15) is 0 Å². The molecule has 0 unspecified atom stereocenters. The number of nitrogens with zero attached hydrogens (tertiary/aromatic N) is 2. The number of halogens is 2. The average molecular weight is 375 g/mol. The van der Waals surface area contributed by atoms with Crippen LogP contribution in [0.5, 0.6) is 0 Å². The van der Waals surface area contributed by atoms with Crippen LogP contribution in [0.2, 0.25) is 10.0 Å². The molecule has 0 radical (unpaired) electrons. The predicted octanol–water partition coefficient (Wildman–Crippen LogP) is 4.38. The third-order valence-corrected chi connectivity index (χ3v) is 5.46. The van der Waals surface area contributed by atoms with Crippen molar-refractivity contribution in [2.75, 3.05) is 0 Å². The topological polar surface area (TPSA) is 34.4 Å². The lowest BCUT2D eigenvalue weighted by Crippen LogP contribution is -2.22. The molecular weight excluding hydrogens is 363 g/mol. The summed E-state index contributed by atoms with van der Waals surface area (Å²) in [5, 5.41) is 1.09. The van der Waals surface area contributed by atoms with Gasteiger partial charge in [-0.05, 0) is 54.8 Å². The molecule has 0 fully saturated rings. The van der Waals surface area contributed by atoms with E-state index in [9.17, 15) is 4.79 Å². The molecule has 2 aromatic carbocycles. The highest BCUT2D eigenvalue weighted by Gasteiger charge is 2.13. The van der Waals surface area contributed by atoms with Gasteiger partial charge in [0.15, 0.2) is 4.96 Å². The molecule has 0 atom stereocenters. The van der Waals surface area contributed by atoms with Crippen LogP contribution in [-0.2, 0) is 0 Å². The zero-order valence-electron chi connectivity index (χ0n) is 12.9. The molecule has 0 amide bonds. The average Bonchev–Trinajstić information content (AvgIpc) is 3.00. The SMILES string of the molecule is Cc1cc(C)c2nc3sc(=Cc4ccc(Cl)cc4Cl)c(=O)n3c2c1. The van der Waals surface area contributed by atoms with Crippen molar-refractivity contribution in [2.45, 2.75) is 13.8 Å². The van der Waals surface area contributed by atoms with Crippen molar-refractivity contribution >= 4 is 56.6 Å². The first-order chi connectivity index (χ1) is 11.4. The summed E-state index contributed by atoms with van der Waals surface area (Å²) in [6.45, 7) is 4.03. The number of aromatic nitrogens is 2. The Hall–Kier alpha value is -1.88. The van der Waals surface area contributed by atoms with Gasteiger partial charge >= 0.3 is 0 Å². The molecule has 0 aliphatic carbocycles. The molecule has 4 aromatic rings. The van der Waals surface area contributed by atoms with Gasteiger partial charge in [-0.25, -0.2) is 9.38 Å². The van der Waals surface area contributed by atoms with Crippen LogP contribution >= 0.6 is 34.5 Å². The van der Waals surface area contributed by atoms with Crippen LogP contribution in [-0.4, -0.2) is 9.38 Å². The van der Waals surface area contributed by atoms with E-state index < -0.39 is 0 Å². The van der Waals surface area contributed by atoms with Gasteiger partial charge in [-0.2, -0.15) is 0 Å². The number of hydrogen-bond donors (Lipinski definition) is 0. The summed E-state index contributed by atoms with van der Waals surface area (Å²) >= 11 is 13.5. The highest BCUT2D eigenvalue weighted by atomic mass is 35.5. The molecule has 2 aromatic heterocycles. The van der Waals surface area contributed by atoms with E-state index in [4.69, 9.17) is 23.2 Å². The van der Waals surface area contributed by atoms with E-state index in [1.807, 2.05) is 19.9 Å². The fraction of sp³-hybridized carbons (Fsp3) is 0.111. The Labute approximate surface area is 151 Å². The number of rotatable bonds is 1. The van der Waals surface area contributed by atoms with Gasteiger partial charge in [-0.15, -0.1) is 0 Å². The summed E-state index contributed by atoms with van der Waals surface area (Å²) in [4.78, 5) is 18.2. The minimum atomic E-state index is -0.0754. The smallest absolute Gasteiger partial charge is 0.267 e. The van der Waals surface area contributed by atoms with Gasteiger partial charge in [0.25, 0.3) is 5.56 Å². The first-order valence-electron chi connectivity index (χ1n) is 7.33. The number of benzene rings is 2. The summed E-state index contributed by atoms with van der Waals surface area (Å²) in [7, 11) is 0. The van der Waals surface area contributed by atoms with Crippen LogP contribution in [0.15, 0.2) is 35.1 Å². The first kappa shape index (κ1) is 15.6. The first-order valence-corrected chi connectivity index (χ1v) is 8.90. The van der Waals surface area contributed by atoms with Crippen molar-refractivity contribution in [3.8, 4) is 0 Å². The van der Waals surface area contributed by atoms with E-state index in [0.29, 0.717) is 19.5 Å². The Morgan fingerprint density at radius 2 is 1.96 bits per heavy atom. The minimum Gasteiger partial charge on any atom is -0.267 e. The van der Waals surface area contributed by atoms with E-state index in [1.54, 1.807) is 28.7 Å². The fourth-order valence-electron chi connectivity index (χ4n) is 2.87. The molecule has 6 heteroatoms. The predicted molar refractivity (Wildman–Crippen MR) is 102 cm³/mol. The fourth-order valence-corrected chi connectivity index (χ4v) is 4.30. The third-order valence-electron chi connectivity index (χ3n) is 3.93. The van der Waals surface area contributed by atoms with E-state index in [1.165, 1.54) is 11.3 Å². The molecule has 0 saturated carbocycles. The molecule has 0 N–H and O–H groups in total. The quantitative estimate of drug-likeness (QED) is 0.495. The molecule has 0 spiro atoms. The lowest BCUT2D eigenvalue weighted by atomic mass is 10.1. The molecular formula is C18H12Cl2N2OS. The lowest BCUT2D eigenvalue weighted by Gasteiger charge is -1.98. The van der Waals surface area contributed by atoms with Crippen molar-refractivity contribution in [1.29, 1.82) is 0 Å². The van der Waals surface area contributed by atoms with E-state index in [0.717, 1.165) is 27.7 Å². The van der Waals surface area contributed by atoms with Gasteiger partial charge in [0, 0.05) is 10.0 Å². The summed E-state index contributed by atoms with van der Waals surface area (Å²) in [5.74, 6) is 0. The Kier molecular flexibility index (Phi) is 3.64. The Balaban J connectivity index is 2.03. The highest BCUT2D eigenvalue weighted by Crippen LogP contribution is 2.23. The Morgan fingerprint density at radius 3 is 2.71 bits per heavy atom. The van der Waals surface area contributed by atoms with Gasteiger partial charge in [-0.3, -0.25) is 4.79 Å². The lowest BCUT2D eigenvalue weighted by molar-refractivity contribution is 1.18. The monoisotopic (exact) mass is 374 g/mol. The molecule has 0 saturated heterocycles. The standard InChI is InChI=1S/C18H12Cl2N2OS/c1-9-5-10(2)16-14(6-9)22-17(23)15(24-18(22)21-16)7-11-3-4-12(19)8-13(11)20/h3-8H,1-2H3. The number of imidazole rings is 1. The van der Waals surface area contributed by atoms with Gasteiger partial charge < -0.3 is 0 Å². The highest BCUT2D eigenvalue weighted by molar-refractivity contribution is 7.15. The molecule has 2 heterocycles. The molecule has 120 valence electrons. The summed E-state index contributed by atoms with van der Waals surface area (Å²) < 4.78 is 2.28. The summed E-state index contributed by atoms with van der Waals surface area (Å²) in [6, 6.07) is 9.30. The van der Waals surface area contributed by atoms with E-state index in [-0.39, 0.29) is 5.56 Å². The molecule has 3 nitrogen and oxygen atoms in total. The normalized spacial score (nSPS) is 12.6. The minimum absolute atomic E-state index is 0.0754. The van der Waals surface area contributed by atoms with E-state index in [2.05, 4.69) is 11.1 Å². The van der Waals surface area contributed by atoms with Crippen LogP contribution in [0.25, 0.3) is 22.1 Å². The second-order valence-corrected chi connectivity index (χ2v) is 7.61. The Bertz CT molecular complexity index is 1220. The van der Waals surface area contributed by atoms with Crippen molar-refractivity contribution in [2.24, 2.45) is 0 Å². The third kappa shape index (κ3) is 2.42. The maximum atomic E-state index is 12.8. The largest absolute Gasteiger partial charge is 0.274 e. The second-order valence-electron chi connectivity index (χ2n) is 5.76. The molecule has 0 aliphatic rings. The maximum absolute atomic E-state index is 12.8. The van der Waals surface area contributed by atoms with Crippen LogP contribution in [0, 0.1) is 13.8 Å². The number of fused-ring (bicyclic) bond motifs is 3. The summed E-state index contributed by atoms with van der Waals surface area (Å²) in [5.41, 5.74) is 4.60. The van der Waals surface area contributed by atoms with Crippen LogP contribution in [0.3, 0.4) is 0 Å². The number of hydrogen-bond acceptors (Lipinski definition) is 3. The number of aryl methyl sites for hydroxylation is 2. The number of thiazole rings is 1. The van der Waals surface area contributed by atoms with Gasteiger partial charge in [0.2, 0.25) is 0 Å². The van der Waals surface area contributed by atoms with Crippen molar-refractivity contribution in [1.82, 2.24) is 9.38 Å². The maximum Gasteiger partial charge on any atom is 0.274 e. The zero-order chi connectivity index (χ0) is 17.0. The zero-order valence-corrected chi connectivity index (χ0v) is 15.3. The Morgan fingerprint density at radius 1 is 1.17 bits per heavy atom. The van der Waals surface area contributed by atoms with Gasteiger partial charge in [-0.1, -0.05) is 46.7 Å². The summed E-state index contributed by atoms with van der Waals surface area (Å²) in [6.07, 6.45) is 1.79. The van der Waals surface area contributed by atoms with Crippen LogP contribution in [0.1, 0.15) is 16.7 Å². The van der Waals surface area contributed by atoms with Crippen LogP contribution in [0.4, 0.5) is 0 Å². The molecule has 0 bridgehead atoms. The van der Waals surface area contributed by atoms with Gasteiger partial charge in [0.05, 0.1) is 15.6 Å². The van der Waals surface area contributed by atoms with Crippen molar-refractivity contribution in [3.05, 3.63) is 72.0 Å².